The number of rotatable bonds is 6. The van der Waals surface area contributed by atoms with Crippen molar-refractivity contribution in [3.63, 3.8) is 0 Å². The van der Waals surface area contributed by atoms with Gasteiger partial charge in [-0.15, -0.1) is 11.3 Å². The molecular weight excluding hydrogens is 408 g/mol. The van der Waals surface area contributed by atoms with E-state index in [2.05, 4.69) is 12.2 Å². The number of hydrogen-bond donors (Lipinski definition) is 2. The van der Waals surface area contributed by atoms with Crippen molar-refractivity contribution in [2.45, 2.75) is 45.4 Å². The maximum absolute atomic E-state index is 13.7. The molecule has 0 bridgehead atoms. The molecule has 0 spiro atoms. The number of amides is 1. The number of benzene rings is 1. The van der Waals surface area contributed by atoms with Crippen LogP contribution in [0.3, 0.4) is 0 Å². The van der Waals surface area contributed by atoms with Crippen LogP contribution in [-0.2, 0) is 4.79 Å². The number of carbonyl (C=O) groups excluding carboxylic acids is 1. The van der Waals surface area contributed by atoms with Gasteiger partial charge in [-0.3, -0.25) is 4.79 Å². The second-order valence-electron chi connectivity index (χ2n) is 9.10. The fraction of sp³-hybridized carbons (Fsp3) is 0.520. The first-order chi connectivity index (χ1) is 15.0. The van der Waals surface area contributed by atoms with Gasteiger partial charge >= 0.3 is 5.97 Å². The number of nitrogens with one attached hydrogen (secondary N) is 1. The maximum atomic E-state index is 13.7. The van der Waals surface area contributed by atoms with Gasteiger partial charge in [-0.2, -0.15) is 5.32 Å². The molecule has 165 valence electrons. The summed E-state index contributed by atoms with van der Waals surface area (Å²) in [6.07, 6.45) is 5.99. The third-order valence-electron chi connectivity index (χ3n) is 6.79. The Balaban J connectivity index is 1.68. The first-order valence-electron chi connectivity index (χ1n) is 11.5. The van der Waals surface area contributed by atoms with Crippen LogP contribution in [0.15, 0.2) is 36.4 Å². The maximum Gasteiger partial charge on any atom is 0.348 e. The smallest absolute Gasteiger partial charge is 0.348 e. The summed E-state index contributed by atoms with van der Waals surface area (Å²) < 4.78 is 0. The number of anilines is 1. The molecule has 0 unspecified atom stereocenters. The third kappa shape index (κ3) is 5.18. The largest absolute Gasteiger partial charge is 0.477 e. The lowest BCUT2D eigenvalue weighted by Gasteiger charge is -2.33. The van der Waals surface area contributed by atoms with Crippen molar-refractivity contribution in [3.8, 4) is 10.4 Å². The summed E-state index contributed by atoms with van der Waals surface area (Å²) in [7, 11) is 0. The highest BCUT2D eigenvalue weighted by atomic mass is 32.1. The van der Waals surface area contributed by atoms with Gasteiger partial charge in [0, 0.05) is 30.2 Å². The molecule has 1 aromatic heterocycles. The van der Waals surface area contributed by atoms with Gasteiger partial charge in [-0.25, -0.2) is 4.79 Å². The number of aromatic carboxylic acids is 1. The van der Waals surface area contributed by atoms with Crippen LogP contribution >= 0.6 is 11.3 Å². The lowest BCUT2D eigenvalue weighted by Crippen LogP contribution is -2.86. The lowest BCUT2D eigenvalue weighted by atomic mass is 9.82. The number of carbonyl (C=O) groups is 2. The molecule has 1 radical (unpaired) electrons. The van der Waals surface area contributed by atoms with Crippen LogP contribution in [0.25, 0.3) is 10.4 Å². The number of carboxylic acids is 1. The molecule has 1 saturated carbocycles. The number of nitrogens with zero attached hydrogens (tertiary/aromatic N) is 1. The van der Waals surface area contributed by atoms with Gasteiger partial charge in [0.15, 0.2) is 0 Å². The molecule has 31 heavy (non-hydrogen) atoms. The Morgan fingerprint density at radius 1 is 1.06 bits per heavy atom. The SMILES string of the molecule is CC1CCC(C(=O)N(CC2CC[NH+]CC2)c2cc(-c3ccccc3)sc2C(=O)O)CC1. The zero-order valence-electron chi connectivity index (χ0n) is 18.2. The van der Waals surface area contributed by atoms with Crippen LogP contribution in [0.2, 0.25) is 0 Å². The van der Waals surface area contributed by atoms with Crippen molar-refractivity contribution < 1.29 is 20.0 Å². The molecule has 1 amide bonds. The van der Waals surface area contributed by atoms with Crippen molar-refractivity contribution >= 4 is 28.9 Å². The molecule has 1 aromatic carbocycles. The van der Waals surface area contributed by atoms with E-state index in [0.717, 1.165) is 62.1 Å². The third-order valence-corrected chi connectivity index (χ3v) is 7.95. The van der Waals surface area contributed by atoms with Gasteiger partial charge in [0.1, 0.15) is 18.0 Å². The van der Waals surface area contributed by atoms with E-state index in [4.69, 9.17) is 0 Å². The fourth-order valence-electron chi connectivity index (χ4n) is 4.84. The van der Waals surface area contributed by atoms with E-state index in [9.17, 15) is 14.7 Å². The van der Waals surface area contributed by atoms with Gasteiger partial charge < -0.3 is 10.0 Å². The fourth-order valence-corrected chi connectivity index (χ4v) is 5.84. The van der Waals surface area contributed by atoms with Gasteiger partial charge in [0.2, 0.25) is 5.91 Å². The summed E-state index contributed by atoms with van der Waals surface area (Å²) in [5.74, 6) is 0.226. The minimum Gasteiger partial charge on any atom is -0.477 e. The summed E-state index contributed by atoms with van der Waals surface area (Å²) >= 11 is 1.27. The zero-order chi connectivity index (χ0) is 21.8. The molecule has 1 saturated heterocycles. The standard InChI is InChI=1S/C25H32N2O3S/c1-17-7-9-20(10-8-17)24(28)27(16-18-11-13-26-14-12-18)21-15-22(31-23(21)25(29)30)19-5-3-2-4-6-19/h2-6,15,17-18,20,26H,7-14,16H2,1H3,(H,29,30)/q+1. The Hall–Kier alpha value is -2.18. The van der Waals surface area contributed by atoms with Gasteiger partial charge in [0.05, 0.1) is 5.69 Å². The van der Waals surface area contributed by atoms with Crippen LogP contribution in [0.1, 0.15) is 55.1 Å². The molecule has 1 aliphatic carbocycles. The van der Waals surface area contributed by atoms with E-state index in [0.29, 0.717) is 24.1 Å². The van der Waals surface area contributed by atoms with Gasteiger partial charge in [-0.1, -0.05) is 37.3 Å². The minimum atomic E-state index is -0.956. The lowest BCUT2D eigenvalue weighted by molar-refractivity contribution is -0.664. The normalized spacial score (nSPS) is 22.2. The van der Waals surface area contributed by atoms with Gasteiger partial charge in [0.25, 0.3) is 0 Å². The van der Waals surface area contributed by atoms with E-state index in [1.165, 1.54) is 11.3 Å². The van der Waals surface area contributed by atoms with Crippen LogP contribution in [0, 0.1) is 17.8 Å². The van der Waals surface area contributed by atoms with E-state index >= 15 is 0 Å². The van der Waals surface area contributed by atoms with Crippen molar-refractivity contribution in [3.05, 3.63) is 41.3 Å². The van der Waals surface area contributed by atoms with Crippen LogP contribution in [-0.4, -0.2) is 36.6 Å². The van der Waals surface area contributed by atoms with E-state index < -0.39 is 5.97 Å². The molecule has 2 aliphatic rings. The summed E-state index contributed by atoms with van der Waals surface area (Å²) in [6, 6.07) is 11.8. The number of piperidine rings is 1. The molecule has 2 heterocycles. The first kappa shape index (κ1) is 22.0. The number of thiophene rings is 1. The van der Waals surface area contributed by atoms with Crippen molar-refractivity contribution in [1.29, 1.82) is 0 Å². The second-order valence-corrected chi connectivity index (χ2v) is 10.1. The monoisotopic (exact) mass is 440 g/mol. The molecule has 2 fully saturated rings. The van der Waals surface area contributed by atoms with Crippen molar-refractivity contribution in [2.75, 3.05) is 24.5 Å². The van der Waals surface area contributed by atoms with Crippen LogP contribution in [0.4, 0.5) is 5.69 Å². The average molecular weight is 441 g/mol. The highest BCUT2D eigenvalue weighted by molar-refractivity contribution is 7.18. The Labute approximate surface area is 188 Å². The van der Waals surface area contributed by atoms with Crippen LogP contribution in [0.5, 0.6) is 0 Å². The molecule has 2 N–H and O–H groups in total. The Morgan fingerprint density at radius 3 is 2.39 bits per heavy atom. The highest BCUT2D eigenvalue weighted by Crippen LogP contribution is 2.39. The Morgan fingerprint density at radius 2 is 1.74 bits per heavy atom. The first-order valence-corrected chi connectivity index (χ1v) is 12.3. The Bertz CT molecular complexity index is 897. The van der Waals surface area contributed by atoms with Crippen LogP contribution < -0.4 is 10.2 Å². The molecule has 2 aromatic rings. The molecule has 4 rings (SSSR count). The highest BCUT2D eigenvalue weighted by Gasteiger charge is 2.34. The summed E-state index contributed by atoms with van der Waals surface area (Å²) in [5, 5.41) is 13.4. The molecule has 1 aliphatic heterocycles. The van der Waals surface area contributed by atoms with Crippen molar-refractivity contribution in [1.82, 2.24) is 0 Å². The second kappa shape index (κ2) is 9.96. The number of hydrogen-bond acceptors (Lipinski definition) is 4. The predicted molar refractivity (Wildman–Crippen MR) is 124 cm³/mol. The summed E-state index contributed by atoms with van der Waals surface area (Å²) in [4.78, 5) is 28.9. The van der Waals surface area contributed by atoms with Gasteiger partial charge in [-0.05, 0) is 49.1 Å². The Kier molecular flexibility index (Phi) is 7.08. The zero-order valence-corrected chi connectivity index (χ0v) is 19.0. The summed E-state index contributed by atoms with van der Waals surface area (Å²) in [5.41, 5.74) is 1.57. The molecule has 6 heteroatoms. The molecular formula is C25H32N2O3S+. The summed E-state index contributed by atoms with van der Waals surface area (Å²) in [6.45, 7) is 4.77. The average Bonchev–Trinajstić information content (AvgIpc) is 3.24. The van der Waals surface area contributed by atoms with E-state index in [1.54, 1.807) is 0 Å². The predicted octanol–water partition coefficient (Wildman–Crippen LogP) is 4.03. The minimum absolute atomic E-state index is 0.000337. The molecule has 0 atom stereocenters. The number of carboxylic acid groups (broad SMARTS) is 1. The topological polar surface area (TPSA) is 73.2 Å². The van der Waals surface area contributed by atoms with E-state index in [-0.39, 0.29) is 16.7 Å². The van der Waals surface area contributed by atoms with E-state index in [1.807, 2.05) is 41.3 Å². The quantitative estimate of drug-likeness (QED) is 0.712. The van der Waals surface area contributed by atoms with Crippen molar-refractivity contribution in [2.24, 2.45) is 17.8 Å². The molecule has 5 nitrogen and oxygen atoms in total.